The fraction of sp³-hybridized carbons (Fsp3) is 0.529. The van der Waals surface area contributed by atoms with Gasteiger partial charge in [-0.05, 0) is 31.4 Å². The second-order valence-electron chi connectivity index (χ2n) is 6.72. The van der Waals surface area contributed by atoms with E-state index in [0.717, 1.165) is 24.8 Å². The Balaban J connectivity index is 1.48. The minimum absolute atomic E-state index is 0.0161. The summed E-state index contributed by atoms with van der Waals surface area (Å²) in [6.45, 7) is 2.06. The van der Waals surface area contributed by atoms with Crippen LogP contribution in [0.5, 0.6) is 0 Å². The number of carbonyl (C=O) groups is 2. The van der Waals surface area contributed by atoms with Crippen LogP contribution in [0.4, 0.5) is 4.39 Å². The highest BCUT2D eigenvalue weighted by molar-refractivity contribution is 5.86. The number of likely N-dealkylation sites (tertiary alicyclic amines) is 2. The molecule has 0 unspecified atom stereocenters. The first-order chi connectivity index (χ1) is 12.1. The smallest absolute Gasteiger partial charge is 0.242 e. The topological polar surface area (TPSA) is 71.3 Å². The van der Waals surface area contributed by atoms with Gasteiger partial charge >= 0.3 is 0 Å². The van der Waals surface area contributed by atoms with Crippen LogP contribution in [0.1, 0.15) is 31.7 Å². The molecule has 2 amide bonds. The van der Waals surface area contributed by atoms with Crippen LogP contribution in [0.25, 0.3) is 11.0 Å². The van der Waals surface area contributed by atoms with Gasteiger partial charge < -0.3 is 9.80 Å². The van der Waals surface area contributed by atoms with Crippen molar-refractivity contribution >= 4 is 22.8 Å². The zero-order chi connectivity index (χ0) is 17.4. The third-order valence-electron chi connectivity index (χ3n) is 5.03. The number of fused-ring (bicyclic) bond motifs is 1. The summed E-state index contributed by atoms with van der Waals surface area (Å²) in [5.74, 6) is -0.295. The number of amides is 2. The second-order valence-corrected chi connectivity index (χ2v) is 6.72. The van der Waals surface area contributed by atoms with Gasteiger partial charge in [0.05, 0.1) is 18.1 Å². The maximum Gasteiger partial charge on any atom is 0.242 e. The van der Waals surface area contributed by atoms with Crippen molar-refractivity contribution < 1.29 is 14.0 Å². The van der Waals surface area contributed by atoms with Gasteiger partial charge in [0.2, 0.25) is 11.8 Å². The van der Waals surface area contributed by atoms with Gasteiger partial charge in [0.25, 0.3) is 0 Å². The molecule has 1 aromatic carbocycles. The van der Waals surface area contributed by atoms with E-state index in [0.29, 0.717) is 31.6 Å². The molecule has 8 heteroatoms. The molecule has 0 saturated carbocycles. The first-order valence-electron chi connectivity index (χ1n) is 8.68. The maximum atomic E-state index is 13.3. The van der Waals surface area contributed by atoms with Crippen molar-refractivity contribution in [2.45, 2.75) is 31.7 Å². The van der Waals surface area contributed by atoms with Gasteiger partial charge in [-0.25, -0.2) is 9.07 Å². The summed E-state index contributed by atoms with van der Waals surface area (Å²) in [6, 6.07) is 4.45. The summed E-state index contributed by atoms with van der Waals surface area (Å²) in [4.78, 5) is 27.7. The molecule has 2 saturated heterocycles. The molecule has 0 aliphatic carbocycles. The minimum Gasteiger partial charge on any atom is -0.339 e. The third-order valence-corrected chi connectivity index (χ3v) is 5.03. The Morgan fingerprint density at radius 2 is 2.16 bits per heavy atom. The van der Waals surface area contributed by atoms with Crippen molar-refractivity contribution in [3.63, 3.8) is 0 Å². The number of hydrogen-bond acceptors (Lipinski definition) is 4. The number of rotatable bonds is 3. The lowest BCUT2D eigenvalue weighted by Crippen LogP contribution is -2.46. The summed E-state index contributed by atoms with van der Waals surface area (Å²) in [7, 11) is 0. The molecule has 0 bridgehead atoms. The van der Waals surface area contributed by atoms with Gasteiger partial charge in [-0.1, -0.05) is 5.21 Å². The molecule has 7 nitrogen and oxygen atoms in total. The highest BCUT2D eigenvalue weighted by Gasteiger charge is 2.29. The number of nitrogens with zero attached hydrogens (tertiary/aromatic N) is 5. The van der Waals surface area contributed by atoms with Crippen molar-refractivity contribution in [2.75, 3.05) is 26.2 Å². The molecule has 4 rings (SSSR count). The Kier molecular flexibility index (Phi) is 4.10. The maximum absolute atomic E-state index is 13.3. The predicted octanol–water partition coefficient (Wildman–Crippen LogP) is 1.36. The highest BCUT2D eigenvalue weighted by atomic mass is 19.1. The molecule has 0 N–H and O–H groups in total. The van der Waals surface area contributed by atoms with Crippen molar-refractivity contribution in [2.24, 2.45) is 0 Å². The lowest BCUT2D eigenvalue weighted by atomic mass is 10.1. The monoisotopic (exact) mass is 345 g/mol. The molecule has 2 aliphatic rings. The van der Waals surface area contributed by atoms with Gasteiger partial charge in [-0.15, -0.1) is 5.10 Å². The summed E-state index contributed by atoms with van der Waals surface area (Å²) in [6.07, 6.45) is 3.13. The average Bonchev–Trinajstić information content (AvgIpc) is 3.21. The van der Waals surface area contributed by atoms with Crippen molar-refractivity contribution in [3.8, 4) is 0 Å². The first-order valence-corrected chi connectivity index (χ1v) is 8.68. The molecular weight excluding hydrogens is 325 g/mol. The molecule has 3 heterocycles. The molecule has 0 radical (unpaired) electrons. The van der Waals surface area contributed by atoms with Gasteiger partial charge in [0.15, 0.2) is 0 Å². The highest BCUT2D eigenvalue weighted by Crippen LogP contribution is 2.25. The fourth-order valence-electron chi connectivity index (χ4n) is 3.70. The van der Waals surface area contributed by atoms with E-state index in [1.807, 2.05) is 0 Å². The van der Waals surface area contributed by atoms with Gasteiger partial charge in [0.1, 0.15) is 11.3 Å². The molecule has 2 aliphatic heterocycles. The normalized spacial score (nSPS) is 21.3. The molecule has 132 valence electrons. The van der Waals surface area contributed by atoms with E-state index in [-0.39, 0.29) is 30.2 Å². The van der Waals surface area contributed by atoms with Crippen LogP contribution in [-0.4, -0.2) is 62.8 Å². The van der Waals surface area contributed by atoms with E-state index in [1.165, 1.54) is 12.1 Å². The summed E-state index contributed by atoms with van der Waals surface area (Å²) in [5, 5.41) is 8.20. The first kappa shape index (κ1) is 16.0. The molecular formula is C17H20FN5O2. The van der Waals surface area contributed by atoms with Crippen LogP contribution >= 0.6 is 0 Å². The molecule has 2 fully saturated rings. The quantitative estimate of drug-likeness (QED) is 0.842. The molecule has 25 heavy (non-hydrogen) atoms. The van der Waals surface area contributed by atoms with E-state index in [4.69, 9.17) is 0 Å². The largest absolute Gasteiger partial charge is 0.339 e. The lowest BCUT2D eigenvalue weighted by Gasteiger charge is -2.33. The van der Waals surface area contributed by atoms with E-state index < -0.39 is 0 Å². The fourth-order valence-corrected chi connectivity index (χ4v) is 3.70. The van der Waals surface area contributed by atoms with E-state index in [1.54, 1.807) is 20.5 Å². The van der Waals surface area contributed by atoms with Crippen molar-refractivity contribution in [3.05, 3.63) is 24.0 Å². The van der Waals surface area contributed by atoms with Crippen LogP contribution in [-0.2, 0) is 9.59 Å². The van der Waals surface area contributed by atoms with E-state index in [2.05, 4.69) is 10.3 Å². The average molecular weight is 345 g/mol. The summed E-state index contributed by atoms with van der Waals surface area (Å²) >= 11 is 0. The third kappa shape index (κ3) is 3.08. The number of carbonyl (C=O) groups excluding carboxylic acids is 2. The molecule has 1 atom stereocenters. The Morgan fingerprint density at radius 1 is 1.28 bits per heavy atom. The summed E-state index contributed by atoms with van der Waals surface area (Å²) < 4.78 is 15.1. The number of aromatic nitrogens is 3. The molecule has 0 spiro atoms. The van der Waals surface area contributed by atoms with Crippen LogP contribution in [0.2, 0.25) is 0 Å². The van der Waals surface area contributed by atoms with Crippen LogP contribution in [0.3, 0.4) is 0 Å². The predicted molar refractivity (Wildman–Crippen MR) is 88.2 cm³/mol. The summed E-state index contributed by atoms with van der Waals surface area (Å²) in [5.41, 5.74) is 1.29. The van der Waals surface area contributed by atoms with Gasteiger partial charge in [-0.2, -0.15) is 0 Å². The van der Waals surface area contributed by atoms with E-state index >= 15 is 0 Å². The number of hydrogen-bond donors (Lipinski definition) is 0. The number of piperidine rings is 1. The number of benzene rings is 1. The minimum atomic E-state index is -0.338. The second kappa shape index (κ2) is 6.42. The van der Waals surface area contributed by atoms with Crippen molar-refractivity contribution in [1.82, 2.24) is 24.8 Å². The van der Waals surface area contributed by atoms with Crippen molar-refractivity contribution in [1.29, 1.82) is 0 Å². The van der Waals surface area contributed by atoms with Gasteiger partial charge in [0, 0.05) is 32.1 Å². The van der Waals surface area contributed by atoms with E-state index in [9.17, 15) is 14.0 Å². The molecule has 1 aromatic heterocycles. The Hall–Kier alpha value is -2.51. The van der Waals surface area contributed by atoms with Crippen LogP contribution in [0, 0.1) is 5.82 Å². The Bertz CT molecular complexity index is 820. The van der Waals surface area contributed by atoms with Crippen LogP contribution in [0.15, 0.2) is 18.2 Å². The molecule has 2 aromatic rings. The van der Waals surface area contributed by atoms with Gasteiger partial charge in [-0.3, -0.25) is 9.59 Å². The SMILES string of the molecule is O=C1CCCN1CC(=O)N1CCC[C@H](n2nnc3cc(F)ccc32)C1. The van der Waals surface area contributed by atoms with Crippen LogP contribution < -0.4 is 0 Å². The zero-order valence-electron chi connectivity index (χ0n) is 13.9. The number of halogens is 1. The standard InChI is InChI=1S/C17H20FN5O2/c18-12-5-6-15-14(9-12)19-20-23(15)13-3-1-7-21(10-13)17(25)11-22-8-2-4-16(22)24/h5-6,9,13H,1-4,7-8,10-11H2/t13-/m0/s1. The lowest BCUT2D eigenvalue weighted by molar-refractivity contribution is -0.139. The zero-order valence-corrected chi connectivity index (χ0v) is 13.9. The Labute approximate surface area is 144 Å². The Morgan fingerprint density at radius 3 is 2.96 bits per heavy atom.